The minimum Gasteiger partial charge on any atom is -0.351 e. The van der Waals surface area contributed by atoms with Gasteiger partial charge in [0.05, 0.1) is 17.2 Å². The van der Waals surface area contributed by atoms with Gasteiger partial charge in [0.2, 0.25) is 5.91 Å². The molecule has 4 amide bonds. The molecule has 1 aromatic heterocycles. The van der Waals surface area contributed by atoms with Crippen molar-refractivity contribution in [3.05, 3.63) is 16.1 Å². The third-order valence-electron chi connectivity index (χ3n) is 3.99. The lowest BCUT2D eigenvalue weighted by Gasteiger charge is -2.35. The van der Waals surface area contributed by atoms with Gasteiger partial charge in [-0.2, -0.15) is 0 Å². The molecule has 9 heteroatoms. The molecule has 23 heavy (non-hydrogen) atoms. The minimum absolute atomic E-state index is 0.0756. The predicted octanol–water partition coefficient (Wildman–Crippen LogP) is 0.229. The van der Waals surface area contributed by atoms with Gasteiger partial charge in [-0.25, -0.2) is 9.78 Å². The monoisotopic (exact) mass is 339 g/mol. The number of hydrogen-bond donors (Lipinski definition) is 3. The van der Waals surface area contributed by atoms with E-state index in [9.17, 15) is 14.4 Å². The molecule has 0 aliphatic carbocycles. The maximum absolute atomic E-state index is 12.2. The molecular formula is C14H21N5O3S. The van der Waals surface area contributed by atoms with Crippen molar-refractivity contribution in [3.63, 3.8) is 0 Å². The first-order chi connectivity index (χ1) is 10.9. The molecule has 1 saturated heterocycles. The molecule has 4 N–H and O–H groups in total. The van der Waals surface area contributed by atoms with Gasteiger partial charge in [-0.1, -0.05) is 0 Å². The number of amides is 4. The van der Waals surface area contributed by atoms with E-state index in [0.29, 0.717) is 18.0 Å². The summed E-state index contributed by atoms with van der Waals surface area (Å²) in [5, 5.41) is 5.10. The quantitative estimate of drug-likeness (QED) is 0.726. The standard InChI is InChI=1S/C14H21N5O3S/c1-8-11(23-7-16-8)13(21)17-10-3-5-19(6-4-10)9(2)12(20)18-14(15)22/h7,9-10H,3-6H2,1-2H3,(H,17,21)(H3,15,18,20,22). The number of aryl methyl sites for hydroxylation is 1. The number of carbonyl (C=O) groups excluding carboxylic acids is 3. The number of urea groups is 1. The number of nitrogens with two attached hydrogens (primary N) is 1. The van der Waals surface area contributed by atoms with Crippen molar-refractivity contribution < 1.29 is 14.4 Å². The first-order valence-corrected chi connectivity index (χ1v) is 8.31. The van der Waals surface area contributed by atoms with Crippen LogP contribution in [-0.2, 0) is 4.79 Å². The molecule has 0 bridgehead atoms. The van der Waals surface area contributed by atoms with E-state index in [1.807, 2.05) is 11.8 Å². The lowest BCUT2D eigenvalue weighted by molar-refractivity contribution is -0.125. The summed E-state index contributed by atoms with van der Waals surface area (Å²) in [7, 11) is 0. The van der Waals surface area contributed by atoms with Gasteiger partial charge in [0.15, 0.2) is 0 Å². The first kappa shape index (κ1) is 17.4. The van der Waals surface area contributed by atoms with E-state index in [1.165, 1.54) is 11.3 Å². The Hall–Kier alpha value is -2.00. The van der Waals surface area contributed by atoms with Crippen LogP contribution in [0.25, 0.3) is 0 Å². The molecular weight excluding hydrogens is 318 g/mol. The lowest BCUT2D eigenvalue weighted by Crippen LogP contribution is -2.53. The fourth-order valence-electron chi connectivity index (χ4n) is 2.59. The molecule has 126 valence electrons. The van der Waals surface area contributed by atoms with E-state index in [1.54, 1.807) is 12.4 Å². The smallest absolute Gasteiger partial charge is 0.318 e. The summed E-state index contributed by atoms with van der Waals surface area (Å²) in [5.74, 6) is -0.497. The number of imide groups is 1. The minimum atomic E-state index is -0.844. The fourth-order valence-corrected chi connectivity index (χ4v) is 3.30. The summed E-state index contributed by atoms with van der Waals surface area (Å²) >= 11 is 1.33. The largest absolute Gasteiger partial charge is 0.351 e. The number of hydrogen-bond acceptors (Lipinski definition) is 6. The number of rotatable bonds is 4. The van der Waals surface area contributed by atoms with Crippen LogP contribution in [0.5, 0.6) is 0 Å². The Morgan fingerprint density at radius 1 is 1.39 bits per heavy atom. The summed E-state index contributed by atoms with van der Waals surface area (Å²) in [6, 6.07) is -1.20. The highest BCUT2D eigenvalue weighted by Crippen LogP contribution is 2.16. The molecule has 2 rings (SSSR count). The SMILES string of the molecule is Cc1ncsc1C(=O)NC1CCN(C(C)C(=O)NC(N)=O)CC1. The van der Waals surface area contributed by atoms with E-state index in [2.05, 4.69) is 15.6 Å². The first-order valence-electron chi connectivity index (χ1n) is 7.43. The molecule has 8 nitrogen and oxygen atoms in total. The van der Waals surface area contributed by atoms with Gasteiger partial charge in [0.1, 0.15) is 4.88 Å². The number of nitrogens with one attached hydrogen (secondary N) is 2. The van der Waals surface area contributed by atoms with Crippen molar-refractivity contribution in [2.24, 2.45) is 5.73 Å². The van der Waals surface area contributed by atoms with Crippen molar-refractivity contribution in [3.8, 4) is 0 Å². The highest BCUT2D eigenvalue weighted by atomic mass is 32.1. The van der Waals surface area contributed by atoms with E-state index >= 15 is 0 Å². The number of primary amides is 1. The van der Waals surface area contributed by atoms with Crippen molar-refractivity contribution in [1.29, 1.82) is 0 Å². The second-order valence-corrected chi connectivity index (χ2v) is 6.43. The van der Waals surface area contributed by atoms with Crippen LogP contribution in [0.3, 0.4) is 0 Å². The van der Waals surface area contributed by atoms with Gasteiger partial charge < -0.3 is 11.1 Å². The average Bonchev–Trinajstić information content (AvgIpc) is 2.93. The molecule has 1 atom stereocenters. The second kappa shape index (κ2) is 7.51. The number of piperidine rings is 1. The van der Waals surface area contributed by atoms with Crippen LogP contribution in [0.2, 0.25) is 0 Å². The molecule has 1 fully saturated rings. The van der Waals surface area contributed by atoms with E-state index in [-0.39, 0.29) is 11.9 Å². The molecule has 2 heterocycles. The molecule has 0 radical (unpaired) electrons. The molecule has 0 saturated carbocycles. The van der Waals surface area contributed by atoms with Crippen molar-refractivity contribution >= 4 is 29.2 Å². The lowest BCUT2D eigenvalue weighted by atomic mass is 10.0. The number of likely N-dealkylation sites (tertiary alicyclic amines) is 1. The van der Waals surface area contributed by atoms with Crippen LogP contribution in [0.1, 0.15) is 35.1 Å². The Morgan fingerprint density at radius 2 is 2.04 bits per heavy atom. The normalized spacial score (nSPS) is 17.5. The molecule has 1 aliphatic rings. The van der Waals surface area contributed by atoms with Crippen molar-refractivity contribution in [2.75, 3.05) is 13.1 Å². The van der Waals surface area contributed by atoms with Crippen LogP contribution >= 0.6 is 11.3 Å². The Balaban J connectivity index is 1.82. The topological polar surface area (TPSA) is 117 Å². The van der Waals surface area contributed by atoms with E-state index in [0.717, 1.165) is 18.5 Å². The zero-order valence-electron chi connectivity index (χ0n) is 13.2. The van der Waals surface area contributed by atoms with Gasteiger partial charge in [0.25, 0.3) is 5.91 Å². The Labute approximate surface area is 138 Å². The third kappa shape index (κ3) is 4.49. The van der Waals surface area contributed by atoms with Gasteiger partial charge in [-0.15, -0.1) is 11.3 Å². The van der Waals surface area contributed by atoms with Gasteiger partial charge in [-0.3, -0.25) is 19.8 Å². The number of thiazole rings is 1. The highest BCUT2D eigenvalue weighted by molar-refractivity contribution is 7.11. The van der Waals surface area contributed by atoms with E-state index < -0.39 is 18.0 Å². The summed E-state index contributed by atoms with van der Waals surface area (Å²) in [6.45, 7) is 4.88. The van der Waals surface area contributed by atoms with Gasteiger partial charge in [0, 0.05) is 19.1 Å². The molecule has 1 aromatic rings. The predicted molar refractivity (Wildman–Crippen MR) is 86.1 cm³/mol. The summed E-state index contributed by atoms with van der Waals surface area (Å²) in [4.78, 5) is 41.4. The summed E-state index contributed by atoms with van der Waals surface area (Å²) in [6.07, 6.45) is 1.50. The zero-order chi connectivity index (χ0) is 17.0. The van der Waals surface area contributed by atoms with Gasteiger partial charge in [-0.05, 0) is 26.7 Å². The maximum Gasteiger partial charge on any atom is 0.318 e. The maximum atomic E-state index is 12.2. The zero-order valence-corrected chi connectivity index (χ0v) is 14.0. The Bertz CT molecular complexity index is 595. The summed E-state index contributed by atoms with van der Waals surface area (Å²) in [5.41, 5.74) is 7.35. The van der Waals surface area contributed by atoms with Crippen molar-refractivity contribution in [1.82, 2.24) is 20.5 Å². The Kier molecular flexibility index (Phi) is 5.67. The molecule has 1 unspecified atom stereocenters. The Morgan fingerprint density at radius 3 is 2.57 bits per heavy atom. The van der Waals surface area contributed by atoms with Crippen LogP contribution in [0.15, 0.2) is 5.51 Å². The van der Waals surface area contributed by atoms with Crippen LogP contribution < -0.4 is 16.4 Å². The second-order valence-electron chi connectivity index (χ2n) is 5.58. The highest BCUT2D eigenvalue weighted by Gasteiger charge is 2.28. The summed E-state index contributed by atoms with van der Waals surface area (Å²) < 4.78 is 0. The van der Waals surface area contributed by atoms with Crippen LogP contribution in [-0.4, -0.2) is 52.9 Å². The number of nitrogens with zero attached hydrogens (tertiary/aromatic N) is 2. The third-order valence-corrected chi connectivity index (χ3v) is 4.92. The van der Waals surface area contributed by atoms with Crippen molar-refractivity contribution in [2.45, 2.75) is 38.8 Å². The molecule has 1 aliphatic heterocycles. The van der Waals surface area contributed by atoms with Crippen LogP contribution in [0.4, 0.5) is 4.79 Å². The molecule has 0 aromatic carbocycles. The average molecular weight is 339 g/mol. The van der Waals surface area contributed by atoms with E-state index in [4.69, 9.17) is 5.73 Å². The number of carbonyl (C=O) groups is 3. The molecule has 0 spiro atoms. The fraction of sp³-hybridized carbons (Fsp3) is 0.571. The number of aromatic nitrogens is 1. The van der Waals surface area contributed by atoms with Gasteiger partial charge >= 0.3 is 6.03 Å². The van der Waals surface area contributed by atoms with Crippen LogP contribution in [0, 0.1) is 6.92 Å².